The Morgan fingerprint density at radius 2 is 2.14 bits per heavy atom. The molecule has 0 aliphatic rings. The Labute approximate surface area is 131 Å². The lowest BCUT2D eigenvalue weighted by molar-refractivity contribution is -0.119. The first kappa shape index (κ1) is 18.0. The Morgan fingerprint density at radius 1 is 1.48 bits per heavy atom. The highest BCUT2D eigenvalue weighted by Crippen LogP contribution is 2.23. The van der Waals surface area contributed by atoms with Crippen LogP contribution in [0.2, 0.25) is 0 Å². The molecule has 0 aromatic carbocycles. The molecule has 6 heteroatoms. The van der Waals surface area contributed by atoms with Crippen molar-refractivity contribution in [2.75, 3.05) is 12.4 Å². The third-order valence-corrected chi connectivity index (χ3v) is 4.22. The molecule has 21 heavy (non-hydrogen) atoms. The number of hydrogen-bond acceptors (Lipinski definition) is 4. The molecule has 1 amide bonds. The van der Waals surface area contributed by atoms with Crippen LogP contribution in [0, 0.1) is 5.92 Å². The topological polar surface area (TPSA) is 67.2 Å². The Bertz CT molecular complexity index is 452. The molecule has 0 radical (unpaired) electrons. The summed E-state index contributed by atoms with van der Waals surface area (Å²) in [6, 6.07) is 0.0189. The minimum Gasteiger partial charge on any atom is -0.396 e. The number of thioether (sulfide) groups is 1. The molecule has 2 N–H and O–H groups in total. The van der Waals surface area contributed by atoms with Crippen molar-refractivity contribution < 1.29 is 9.90 Å². The van der Waals surface area contributed by atoms with Gasteiger partial charge in [-0.2, -0.15) is 0 Å². The van der Waals surface area contributed by atoms with Gasteiger partial charge in [-0.25, -0.2) is 4.98 Å². The Kier molecular flexibility index (Phi) is 6.74. The standard InChI is InChI=1S/C15H27N3O2S/c1-11(2)12(6-9-19)17-13(20)10-21-14-16-7-8-18(14)15(3,4)5/h7-8,11-12,19H,6,9-10H2,1-5H3,(H,17,20). The van der Waals surface area contributed by atoms with E-state index in [1.807, 2.05) is 20.0 Å². The molecule has 1 aromatic rings. The first-order chi connectivity index (χ1) is 9.75. The van der Waals surface area contributed by atoms with E-state index in [9.17, 15) is 4.79 Å². The molecule has 1 rings (SSSR count). The average molecular weight is 313 g/mol. The average Bonchev–Trinajstić information content (AvgIpc) is 2.84. The van der Waals surface area contributed by atoms with E-state index in [0.29, 0.717) is 18.1 Å². The Morgan fingerprint density at radius 3 is 2.67 bits per heavy atom. The van der Waals surface area contributed by atoms with Crippen LogP contribution in [-0.2, 0) is 10.3 Å². The molecule has 1 unspecified atom stereocenters. The number of carbonyl (C=O) groups excluding carboxylic acids is 1. The smallest absolute Gasteiger partial charge is 0.230 e. The molecule has 5 nitrogen and oxygen atoms in total. The van der Waals surface area contributed by atoms with Crippen molar-refractivity contribution in [3.8, 4) is 0 Å². The Balaban J connectivity index is 2.56. The number of amides is 1. The zero-order valence-corrected chi connectivity index (χ0v) is 14.4. The van der Waals surface area contributed by atoms with Gasteiger partial charge in [0.25, 0.3) is 0 Å². The molecule has 0 aliphatic heterocycles. The van der Waals surface area contributed by atoms with Gasteiger partial charge in [0.2, 0.25) is 5.91 Å². The van der Waals surface area contributed by atoms with Crippen molar-refractivity contribution in [1.29, 1.82) is 0 Å². The van der Waals surface area contributed by atoms with Gasteiger partial charge in [-0.3, -0.25) is 4.79 Å². The summed E-state index contributed by atoms with van der Waals surface area (Å²) in [6.45, 7) is 10.5. The maximum atomic E-state index is 12.0. The van der Waals surface area contributed by atoms with E-state index in [0.717, 1.165) is 5.16 Å². The molecular weight excluding hydrogens is 286 g/mol. The summed E-state index contributed by atoms with van der Waals surface area (Å²) < 4.78 is 2.07. The van der Waals surface area contributed by atoms with Gasteiger partial charge >= 0.3 is 0 Å². The summed E-state index contributed by atoms with van der Waals surface area (Å²) in [5.41, 5.74) is -0.0489. The van der Waals surface area contributed by atoms with Crippen LogP contribution in [0.5, 0.6) is 0 Å². The third kappa shape index (κ3) is 5.71. The second-order valence-corrected chi connectivity index (χ2v) is 7.41. The van der Waals surface area contributed by atoms with Crippen molar-refractivity contribution in [2.24, 2.45) is 5.92 Å². The fraction of sp³-hybridized carbons (Fsp3) is 0.733. The van der Waals surface area contributed by atoms with Gasteiger partial charge in [0.05, 0.1) is 5.75 Å². The first-order valence-corrected chi connectivity index (χ1v) is 8.31. The second-order valence-electron chi connectivity index (χ2n) is 6.47. The molecule has 0 fully saturated rings. The van der Waals surface area contributed by atoms with E-state index < -0.39 is 0 Å². The van der Waals surface area contributed by atoms with E-state index in [1.165, 1.54) is 11.8 Å². The van der Waals surface area contributed by atoms with Gasteiger partial charge in [0, 0.05) is 30.6 Å². The van der Waals surface area contributed by atoms with Gasteiger partial charge in [-0.1, -0.05) is 25.6 Å². The van der Waals surface area contributed by atoms with Gasteiger partial charge < -0.3 is 15.0 Å². The van der Waals surface area contributed by atoms with Crippen molar-refractivity contribution in [1.82, 2.24) is 14.9 Å². The zero-order valence-electron chi connectivity index (χ0n) is 13.6. The van der Waals surface area contributed by atoms with Crippen LogP contribution >= 0.6 is 11.8 Å². The minimum atomic E-state index is -0.0489. The normalized spacial score (nSPS) is 13.5. The lowest BCUT2D eigenvalue weighted by Crippen LogP contribution is -2.40. The summed E-state index contributed by atoms with van der Waals surface area (Å²) in [6.07, 6.45) is 4.28. The van der Waals surface area contributed by atoms with E-state index in [2.05, 4.69) is 35.6 Å². The maximum Gasteiger partial charge on any atom is 0.230 e. The number of nitrogens with one attached hydrogen (secondary N) is 1. The molecule has 0 saturated carbocycles. The molecule has 0 saturated heterocycles. The van der Waals surface area contributed by atoms with Crippen LogP contribution in [0.15, 0.2) is 17.6 Å². The lowest BCUT2D eigenvalue weighted by Gasteiger charge is -2.23. The predicted octanol–water partition coefficient (Wildman–Crippen LogP) is 2.25. The minimum absolute atomic E-state index is 0.0180. The molecule has 1 aromatic heterocycles. The fourth-order valence-corrected chi connectivity index (χ4v) is 2.95. The second kappa shape index (κ2) is 7.84. The largest absolute Gasteiger partial charge is 0.396 e. The predicted molar refractivity (Wildman–Crippen MR) is 86.4 cm³/mol. The quantitative estimate of drug-likeness (QED) is 0.758. The van der Waals surface area contributed by atoms with Crippen molar-refractivity contribution in [3.63, 3.8) is 0 Å². The number of hydrogen-bond donors (Lipinski definition) is 2. The maximum absolute atomic E-state index is 12.0. The van der Waals surface area contributed by atoms with E-state index in [1.54, 1.807) is 6.20 Å². The van der Waals surface area contributed by atoms with Gasteiger partial charge in [-0.05, 0) is 33.1 Å². The molecular formula is C15H27N3O2S. The highest BCUT2D eigenvalue weighted by molar-refractivity contribution is 7.99. The number of aromatic nitrogens is 2. The van der Waals surface area contributed by atoms with E-state index in [-0.39, 0.29) is 24.1 Å². The molecule has 0 aliphatic carbocycles. The van der Waals surface area contributed by atoms with Gasteiger partial charge in [0.1, 0.15) is 0 Å². The number of carbonyl (C=O) groups is 1. The van der Waals surface area contributed by atoms with Crippen LogP contribution < -0.4 is 5.32 Å². The summed E-state index contributed by atoms with van der Waals surface area (Å²) >= 11 is 1.44. The number of aliphatic hydroxyl groups excluding tert-OH is 1. The van der Waals surface area contributed by atoms with Crippen molar-refractivity contribution in [2.45, 2.75) is 57.8 Å². The summed E-state index contributed by atoms with van der Waals surface area (Å²) in [5.74, 6) is 0.625. The van der Waals surface area contributed by atoms with Gasteiger partial charge in [0.15, 0.2) is 5.16 Å². The number of nitrogens with zero attached hydrogens (tertiary/aromatic N) is 2. The molecule has 0 spiro atoms. The van der Waals surface area contributed by atoms with Crippen LogP contribution in [0.4, 0.5) is 0 Å². The van der Waals surface area contributed by atoms with E-state index >= 15 is 0 Å². The highest BCUT2D eigenvalue weighted by atomic mass is 32.2. The van der Waals surface area contributed by atoms with Gasteiger partial charge in [-0.15, -0.1) is 0 Å². The molecule has 1 heterocycles. The monoisotopic (exact) mass is 313 g/mol. The van der Waals surface area contributed by atoms with Crippen molar-refractivity contribution in [3.05, 3.63) is 12.4 Å². The molecule has 1 atom stereocenters. The molecule has 120 valence electrons. The summed E-state index contributed by atoms with van der Waals surface area (Å²) in [5, 5.41) is 12.9. The number of aliphatic hydroxyl groups is 1. The van der Waals surface area contributed by atoms with Crippen molar-refractivity contribution >= 4 is 17.7 Å². The van der Waals surface area contributed by atoms with Crippen LogP contribution in [-0.4, -0.2) is 39.0 Å². The summed E-state index contributed by atoms with van der Waals surface area (Å²) in [4.78, 5) is 16.3. The SMILES string of the molecule is CC(C)C(CCO)NC(=O)CSc1nccn1C(C)(C)C. The number of rotatable bonds is 7. The number of imidazole rings is 1. The van der Waals surface area contributed by atoms with Crippen LogP contribution in [0.25, 0.3) is 0 Å². The van der Waals surface area contributed by atoms with E-state index in [4.69, 9.17) is 5.11 Å². The zero-order chi connectivity index (χ0) is 16.0. The lowest BCUT2D eigenvalue weighted by atomic mass is 10.0. The third-order valence-electron chi connectivity index (χ3n) is 3.25. The van der Waals surface area contributed by atoms with Crippen LogP contribution in [0.3, 0.4) is 0 Å². The molecule has 0 bridgehead atoms. The fourth-order valence-electron chi connectivity index (χ4n) is 2.00. The first-order valence-electron chi connectivity index (χ1n) is 7.32. The summed E-state index contributed by atoms with van der Waals surface area (Å²) in [7, 11) is 0. The highest BCUT2D eigenvalue weighted by Gasteiger charge is 2.19. The van der Waals surface area contributed by atoms with Crippen LogP contribution in [0.1, 0.15) is 41.0 Å². The Hall–Kier alpha value is -1.01.